The third kappa shape index (κ3) is 4.57. The zero-order valence-corrected chi connectivity index (χ0v) is 21.1. The Balaban J connectivity index is 1.42. The number of likely N-dealkylation sites (N-methyl/N-ethyl adjacent to an activating group) is 1. The second kappa shape index (κ2) is 9.87. The van der Waals surface area contributed by atoms with Crippen LogP contribution in [0, 0.1) is 11.8 Å². The van der Waals surface area contributed by atoms with Gasteiger partial charge in [-0.25, -0.2) is 4.79 Å². The molecule has 11 heteroatoms. The van der Waals surface area contributed by atoms with Crippen molar-refractivity contribution >= 4 is 35.5 Å². The van der Waals surface area contributed by atoms with E-state index in [2.05, 4.69) is 15.5 Å². The number of fused-ring (bicyclic) bond motifs is 1. The number of nitrogens with one attached hydrogen (secondary N) is 2. The summed E-state index contributed by atoms with van der Waals surface area (Å²) in [5.41, 5.74) is 0.0572. The van der Waals surface area contributed by atoms with Crippen LogP contribution in [0.3, 0.4) is 0 Å². The molecule has 0 aromatic rings. The Labute approximate surface area is 204 Å². The van der Waals surface area contributed by atoms with Gasteiger partial charge in [0.2, 0.25) is 17.7 Å². The molecule has 0 spiro atoms. The van der Waals surface area contributed by atoms with E-state index in [-0.39, 0.29) is 52.7 Å². The van der Waals surface area contributed by atoms with E-state index in [0.29, 0.717) is 24.4 Å². The molecule has 0 aromatic carbocycles. The molecule has 4 heterocycles. The molecule has 4 aliphatic heterocycles. The first-order chi connectivity index (χ1) is 16.1. The lowest BCUT2D eigenvalue weighted by atomic mass is 9.78. The minimum atomic E-state index is -1.11. The molecule has 4 aliphatic rings. The standard InChI is InChI=1S/C23H35N5O5S/c1-12-18-17(13(2)25-16(29)11-27-7-5-6-8-27)22(31)28(18)19(23(32)33)20(12)34-14-9-15(24-10-14)21(30)26(3)4/h12-15,17-18,24H,5-11H2,1-4H3,(H,25,29)(H,32,33)/t12-,13-,14+,15+,17-,18-/m1/s1. The molecule has 0 saturated carbocycles. The summed E-state index contributed by atoms with van der Waals surface area (Å²) in [5.74, 6) is -2.05. The molecular weight excluding hydrogens is 458 g/mol. The number of rotatable bonds is 8. The molecule has 0 unspecified atom stereocenters. The topological polar surface area (TPSA) is 122 Å². The van der Waals surface area contributed by atoms with Crippen LogP contribution >= 0.6 is 11.8 Å². The lowest BCUT2D eigenvalue weighted by Gasteiger charge is -2.47. The summed E-state index contributed by atoms with van der Waals surface area (Å²) in [6.45, 7) is 6.55. The third-order valence-corrected chi connectivity index (χ3v) is 8.92. The summed E-state index contributed by atoms with van der Waals surface area (Å²) in [7, 11) is 3.44. The van der Waals surface area contributed by atoms with Gasteiger partial charge < -0.3 is 25.5 Å². The first-order valence-corrected chi connectivity index (χ1v) is 12.9. The fraction of sp³-hybridized carbons (Fsp3) is 0.739. The van der Waals surface area contributed by atoms with Crippen LogP contribution in [0.4, 0.5) is 0 Å². The summed E-state index contributed by atoms with van der Waals surface area (Å²) in [6, 6.07) is -0.937. The van der Waals surface area contributed by atoms with Crippen LogP contribution in [0.2, 0.25) is 0 Å². The van der Waals surface area contributed by atoms with Crippen LogP contribution in [-0.2, 0) is 19.2 Å². The van der Waals surface area contributed by atoms with E-state index in [1.54, 1.807) is 19.0 Å². The van der Waals surface area contributed by atoms with Gasteiger partial charge in [0.15, 0.2) is 0 Å². The molecule has 6 atom stereocenters. The van der Waals surface area contributed by atoms with E-state index in [1.807, 2.05) is 13.8 Å². The average molecular weight is 494 g/mol. The molecule has 4 rings (SSSR count). The second-order valence-corrected chi connectivity index (χ2v) is 11.4. The highest BCUT2D eigenvalue weighted by molar-refractivity contribution is 8.03. The number of hydrogen-bond donors (Lipinski definition) is 3. The number of carbonyl (C=O) groups is 4. The lowest BCUT2D eigenvalue weighted by Crippen LogP contribution is -2.66. The minimum Gasteiger partial charge on any atom is -0.477 e. The van der Waals surface area contributed by atoms with Crippen molar-refractivity contribution in [2.45, 2.75) is 56.5 Å². The van der Waals surface area contributed by atoms with Gasteiger partial charge in [-0.2, -0.15) is 0 Å². The van der Waals surface area contributed by atoms with E-state index < -0.39 is 11.9 Å². The summed E-state index contributed by atoms with van der Waals surface area (Å²) < 4.78 is 0. The maximum absolute atomic E-state index is 13.1. The van der Waals surface area contributed by atoms with Crippen LogP contribution in [0.15, 0.2) is 10.6 Å². The van der Waals surface area contributed by atoms with Crippen LogP contribution in [-0.4, -0.2) is 107 Å². The molecule has 34 heavy (non-hydrogen) atoms. The van der Waals surface area contributed by atoms with Gasteiger partial charge in [-0.15, -0.1) is 11.8 Å². The Bertz CT molecular complexity index is 902. The molecule has 3 N–H and O–H groups in total. The van der Waals surface area contributed by atoms with E-state index in [4.69, 9.17) is 0 Å². The van der Waals surface area contributed by atoms with Gasteiger partial charge >= 0.3 is 5.97 Å². The number of carboxylic acid groups (broad SMARTS) is 1. The molecule has 0 aromatic heterocycles. The van der Waals surface area contributed by atoms with Gasteiger partial charge in [0, 0.05) is 42.8 Å². The number of aliphatic carboxylic acids is 1. The van der Waals surface area contributed by atoms with E-state index in [9.17, 15) is 24.3 Å². The fourth-order valence-electron chi connectivity index (χ4n) is 5.70. The minimum absolute atomic E-state index is 0.00701. The average Bonchev–Trinajstić information content (AvgIpc) is 3.48. The van der Waals surface area contributed by atoms with Crippen molar-refractivity contribution in [3.05, 3.63) is 10.6 Å². The van der Waals surface area contributed by atoms with E-state index in [1.165, 1.54) is 16.7 Å². The second-order valence-electron chi connectivity index (χ2n) is 10.0. The number of amides is 3. The molecule has 188 valence electrons. The number of nitrogens with zero attached hydrogens (tertiary/aromatic N) is 3. The molecule has 0 bridgehead atoms. The smallest absolute Gasteiger partial charge is 0.353 e. The van der Waals surface area contributed by atoms with Crippen molar-refractivity contribution in [1.29, 1.82) is 0 Å². The number of thioether (sulfide) groups is 1. The Morgan fingerprint density at radius 3 is 2.56 bits per heavy atom. The molecule has 3 fully saturated rings. The zero-order valence-electron chi connectivity index (χ0n) is 20.2. The van der Waals surface area contributed by atoms with E-state index in [0.717, 1.165) is 25.9 Å². The van der Waals surface area contributed by atoms with Crippen molar-refractivity contribution < 1.29 is 24.3 Å². The van der Waals surface area contributed by atoms with Crippen molar-refractivity contribution in [2.24, 2.45) is 11.8 Å². The molecular formula is C23H35N5O5S. The molecule has 0 radical (unpaired) electrons. The Morgan fingerprint density at radius 2 is 1.94 bits per heavy atom. The van der Waals surface area contributed by atoms with Crippen molar-refractivity contribution in [3.63, 3.8) is 0 Å². The van der Waals surface area contributed by atoms with Crippen LogP contribution < -0.4 is 10.6 Å². The molecule has 0 aliphatic carbocycles. The van der Waals surface area contributed by atoms with Gasteiger partial charge in [-0.3, -0.25) is 19.3 Å². The Hall–Kier alpha value is -2.11. The van der Waals surface area contributed by atoms with Crippen LogP contribution in [0.1, 0.15) is 33.1 Å². The summed E-state index contributed by atoms with van der Waals surface area (Å²) in [6.07, 6.45) is 2.81. The number of carboxylic acids is 1. The molecule has 3 saturated heterocycles. The number of β-lactam (4-membered cyclic amide) rings is 1. The maximum atomic E-state index is 13.1. The van der Waals surface area contributed by atoms with Gasteiger partial charge in [0.25, 0.3) is 0 Å². The number of hydrogen-bond acceptors (Lipinski definition) is 7. The highest BCUT2D eigenvalue weighted by atomic mass is 32.2. The monoisotopic (exact) mass is 493 g/mol. The SMILES string of the molecule is C[C@@H](NC(=O)CN1CCCC1)[C@H]1C(=O)N2C(C(=O)O)=C(S[C@@H]3CN[C@H](C(=O)N(C)C)C3)[C@H](C)[C@H]12. The van der Waals surface area contributed by atoms with Crippen LogP contribution in [0.25, 0.3) is 0 Å². The van der Waals surface area contributed by atoms with Crippen molar-refractivity contribution in [1.82, 2.24) is 25.3 Å². The van der Waals surface area contributed by atoms with Crippen molar-refractivity contribution in [3.8, 4) is 0 Å². The van der Waals surface area contributed by atoms with Gasteiger partial charge in [0.1, 0.15) is 5.70 Å². The van der Waals surface area contributed by atoms with Crippen molar-refractivity contribution in [2.75, 3.05) is 40.3 Å². The molecule has 10 nitrogen and oxygen atoms in total. The largest absolute Gasteiger partial charge is 0.477 e. The van der Waals surface area contributed by atoms with E-state index >= 15 is 0 Å². The number of likely N-dealkylation sites (tertiary alicyclic amines) is 1. The van der Waals surface area contributed by atoms with Crippen LogP contribution in [0.5, 0.6) is 0 Å². The number of carbonyl (C=O) groups excluding carboxylic acids is 3. The highest BCUT2D eigenvalue weighted by Gasteiger charge is 2.60. The summed E-state index contributed by atoms with van der Waals surface area (Å²) >= 11 is 1.47. The first-order valence-electron chi connectivity index (χ1n) is 12.0. The maximum Gasteiger partial charge on any atom is 0.353 e. The lowest BCUT2D eigenvalue weighted by molar-refractivity contribution is -0.158. The highest BCUT2D eigenvalue weighted by Crippen LogP contribution is 2.51. The predicted molar refractivity (Wildman–Crippen MR) is 128 cm³/mol. The molecule has 3 amide bonds. The van der Waals surface area contributed by atoms with Gasteiger partial charge in [-0.1, -0.05) is 6.92 Å². The zero-order chi connectivity index (χ0) is 24.7. The summed E-state index contributed by atoms with van der Waals surface area (Å²) in [4.78, 5) is 55.8. The quantitative estimate of drug-likeness (QED) is 0.401. The van der Waals surface area contributed by atoms with Gasteiger partial charge in [0.05, 0.1) is 24.5 Å². The Morgan fingerprint density at radius 1 is 1.26 bits per heavy atom. The fourth-order valence-corrected chi connectivity index (χ4v) is 7.18. The first kappa shape index (κ1) is 25.0. The summed E-state index contributed by atoms with van der Waals surface area (Å²) in [5, 5.41) is 16.2. The third-order valence-electron chi connectivity index (χ3n) is 7.41. The normalized spacial score (nSPS) is 31.9. The Kier molecular flexibility index (Phi) is 7.25. The van der Waals surface area contributed by atoms with Gasteiger partial charge in [-0.05, 0) is 39.3 Å². The predicted octanol–water partition coefficient (Wildman–Crippen LogP) is -0.0883.